The number of halogens is 1. The Hall–Kier alpha value is -2.04. The van der Waals surface area contributed by atoms with Gasteiger partial charge in [0.2, 0.25) is 0 Å². The molecular formula is C25H28ClNO2S. The SMILES string of the molecule is CCCCCCCCN1C(=O)C(Sc2ccc(Cl)cc2)=C(c2ccc(C)cc2)C1=O. The highest BCUT2D eigenvalue weighted by molar-refractivity contribution is 8.04. The first-order valence-electron chi connectivity index (χ1n) is 10.6. The summed E-state index contributed by atoms with van der Waals surface area (Å²) in [7, 11) is 0. The van der Waals surface area contributed by atoms with Gasteiger partial charge in [-0.25, -0.2) is 0 Å². The van der Waals surface area contributed by atoms with E-state index >= 15 is 0 Å². The lowest BCUT2D eigenvalue weighted by Crippen LogP contribution is -2.32. The average molecular weight is 442 g/mol. The van der Waals surface area contributed by atoms with E-state index in [0.29, 0.717) is 22.0 Å². The van der Waals surface area contributed by atoms with Crippen molar-refractivity contribution in [2.24, 2.45) is 0 Å². The van der Waals surface area contributed by atoms with E-state index in [1.54, 1.807) is 12.1 Å². The topological polar surface area (TPSA) is 37.4 Å². The van der Waals surface area contributed by atoms with Crippen LogP contribution in [0.3, 0.4) is 0 Å². The Morgan fingerprint density at radius 2 is 1.47 bits per heavy atom. The lowest BCUT2D eigenvalue weighted by Gasteiger charge is -2.15. The Morgan fingerprint density at radius 1 is 0.833 bits per heavy atom. The predicted molar refractivity (Wildman–Crippen MR) is 126 cm³/mol. The van der Waals surface area contributed by atoms with E-state index in [1.165, 1.54) is 35.9 Å². The molecule has 2 aromatic carbocycles. The molecule has 0 aliphatic carbocycles. The Labute approximate surface area is 188 Å². The summed E-state index contributed by atoms with van der Waals surface area (Å²) in [5.41, 5.74) is 2.42. The van der Waals surface area contributed by atoms with Gasteiger partial charge in [-0.15, -0.1) is 0 Å². The van der Waals surface area contributed by atoms with E-state index in [4.69, 9.17) is 11.6 Å². The van der Waals surface area contributed by atoms with E-state index in [9.17, 15) is 9.59 Å². The summed E-state index contributed by atoms with van der Waals surface area (Å²) < 4.78 is 0. The van der Waals surface area contributed by atoms with Gasteiger partial charge in [0.1, 0.15) is 0 Å². The van der Waals surface area contributed by atoms with Crippen molar-refractivity contribution in [2.45, 2.75) is 57.3 Å². The maximum atomic E-state index is 13.2. The third-order valence-electron chi connectivity index (χ3n) is 5.23. The molecule has 0 unspecified atom stereocenters. The van der Waals surface area contributed by atoms with Crippen molar-refractivity contribution in [3.8, 4) is 0 Å². The Balaban J connectivity index is 1.81. The van der Waals surface area contributed by atoms with E-state index in [-0.39, 0.29) is 11.8 Å². The van der Waals surface area contributed by atoms with Crippen molar-refractivity contribution in [2.75, 3.05) is 6.54 Å². The lowest BCUT2D eigenvalue weighted by molar-refractivity contribution is -0.136. The number of imide groups is 1. The third kappa shape index (κ3) is 5.55. The number of amides is 2. The first-order chi connectivity index (χ1) is 14.5. The minimum atomic E-state index is -0.191. The molecule has 0 fully saturated rings. The molecule has 0 radical (unpaired) electrons. The molecule has 158 valence electrons. The number of thioether (sulfide) groups is 1. The van der Waals surface area contributed by atoms with Crippen LogP contribution in [0.25, 0.3) is 5.57 Å². The van der Waals surface area contributed by atoms with Crippen LogP contribution in [0.4, 0.5) is 0 Å². The van der Waals surface area contributed by atoms with Crippen LogP contribution in [-0.2, 0) is 9.59 Å². The second-order valence-corrected chi connectivity index (χ2v) is 9.18. The number of hydrogen-bond acceptors (Lipinski definition) is 3. The summed E-state index contributed by atoms with van der Waals surface area (Å²) in [6.07, 6.45) is 6.69. The van der Waals surface area contributed by atoms with Gasteiger partial charge in [-0.05, 0) is 43.2 Å². The fourth-order valence-electron chi connectivity index (χ4n) is 3.50. The largest absolute Gasteiger partial charge is 0.274 e. The van der Waals surface area contributed by atoms with Crippen molar-refractivity contribution in [3.63, 3.8) is 0 Å². The van der Waals surface area contributed by atoms with E-state index < -0.39 is 0 Å². The molecule has 1 aliphatic rings. The molecule has 1 aliphatic heterocycles. The van der Waals surface area contributed by atoms with Gasteiger partial charge in [0.05, 0.1) is 10.5 Å². The number of hydrogen-bond donors (Lipinski definition) is 0. The van der Waals surface area contributed by atoms with Crippen LogP contribution >= 0.6 is 23.4 Å². The number of aryl methyl sites for hydroxylation is 1. The summed E-state index contributed by atoms with van der Waals surface area (Å²) >= 11 is 7.34. The predicted octanol–water partition coefficient (Wildman–Crippen LogP) is 6.88. The highest BCUT2D eigenvalue weighted by Crippen LogP contribution is 2.40. The summed E-state index contributed by atoms with van der Waals surface area (Å²) in [6.45, 7) is 4.68. The molecule has 0 spiro atoms. The molecule has 0 atom stereocenters. The first-order valence-corrected chi connectivity index (χ1v) is 11.8. The van der Waals surface area contributed by atoms with Crippen LogP contribution < -0.4 is 0 Å². The maximum Gasteiger partial charge on any atom is 0.268 e. The Morgan fingerprint density at radius 3 is 2.13 bits per heavy atom. The second kappa shape index (κ2) is 10.8. The van der Waals surface area contributed by atoms with Gasteiger partial charge in [0.15, 0.2) is 0 Å². The van der Waals surface area contributed by atoms with E-state index in [2.05, 4.69) is 6.92 Å². The number of unbranched alkanes of at least 4 members (excludes halogenated alkanes) is 5. The van der Waals surface area contributed by atoms with Gasteiger partial charge < -0.3 is 0 Å². The van der Waals surface area contributed by atoms with E-state index in [1.807, 2.05) is 43.3 Å². The zero-order valence-corrected chi connectivity index (χ0v) is 19.2. The highest BCUT2D eigenvalue weighted by Gasteiger charge is 2.39. The van der Waals surface area contributed by atoms with Gasteiger partial charge in [-0.3, -0.25) is 14.5 Å². The number of nitrogens with zero attached hydrogens (tertiary/aromatic N) is 1. The Bertz CT molecular complexity index is 919. The van der Waals surface area contributed by atoms with Crippen molar-refractivity contribution < 1.29 is 9.59 Å². The molecule has 3 rings (SSSR count). The summed E-state index contributed by atoms with van der Waals surface area (Å²) in [4.78, 5) is 29.3. The summed E-state index contributed by atoms with van der Waals surface area (Å²) in [5, 5.41) is 0.644. The fraction of sp³-hybridized carbons (Fsp3) is 0.360. The molecule has 0 bridgehead atoms. The van der Waals surface area contributed by atoms with Gasteiger partial charge in [-0.1, -0.05) is 92.2 Å². The van der Waals surface area contributed by atoms with Crippen LogP contribution in [0, 0.1) is 6.92 Å². The van der Waals surface area contributed by atoms with Crippen LogP contribution in [0.2, 0.25) is 5.02 Å². The highest BCUT2D eigenvalue weighted by atomic mass is 35.5. The van der Waals surface area contributed by atoms with Crippen LogP contribution in [-0.4, -0.2) is 23.3 Å². The molecule has 3 nitrogen and oxygen atoms in total. The lowest BCUT2D eigenvalue weighted by atomic mass is 10.0. The minimum absolute atomic E-state index is 0.186. The molecule has 1 heterocycles. The molecule has 2 aromatic rings. The molecular weight excluding hydrogens is 414 g/mol. The second-order valence-electron chi connectivity index (χ2n) is 7.66. The monoisotopic (exact) mass is 441 g/mol. The minimum Gasteiger partial charge on any atom is -0.274 e. The number of rotatable bonds is 10. The maximum absolute atomic E-state index is 13.2. The molecule has 0 aromatic heterocycles. The van der Waals surface area contributed by atoms with Crippen molar-refractivity contribution in [1.82, 2.24) is 4.90 Å². The summed E-state index contributed by atoms with van der Waals surface area (Å²) in [5.74, 6) is -0.377. The van der Waals surface area contributed by atoms with Gasteiger partial charge >= 0.3 is 0 Å². The first kappa shape index (κ1) is 22.6. The molecule has 2 amide bonds. The van der Waals surface area contributed by atoms with Crippen LogP contribution in [0.1, 0.15) is 56.6 Å². The van der Waals surface area contributed by atoms with Gasteiger partial charge in [0, 0.05) is 16.5 Å². The standard InChI is InChI=1S/C25H28ClNO2S/c1-3-4-5-6-7-8-17-27-24(28)22(19-11-9-18(2)10-12-19)23(25(27)29)30-21-15-13-20(26)14-16-21/h9-16H,3-8,17H2,1-2H3. The number of carbonyl (C=O) groups excluding carboxylic acids is 2. The van der Waals surface area contributed by atoms with Crippen molar-refractivity contribution in [3.05, 3.63) is 69.6 Å². The number of benzene rings is 2. The van der Waals surface area contributed by atoms with Gasteiger partial charge in [-0.2, -0.15) is 0 Å². The number of carbonyl (C=O) groups is 2. The summed E-state index contributed by atoms with van der Waals surface area (Å²) in [6, 6.07) is 15.1. The van der Waals surface area contributed by atoms with Crippen molar-refractivity contribution >= 4 is 40.8 Å². The molecule has 0 saturated heterocycles. The zero-order chi connectivity index (χ0) is 21.5. The fourth-order valence-corrected chi connectivity index (χ4v) is 4.64. The van der Waals surface area contributed by atoms with E-state index in [0.717, 1.165) is 35.3 Å². The molecule has 0 N–H and O–H groups in total. The normalized spacial score (nSPS) is 14.2. The average Bonchev–Trinajstić information content (AvgIpc) is 2.97. The van der Waals surface area contributed by atoms with Crippen LogP contribution in [0.15, 0.2) is 58.3 Å². The molecule has 0 saturated carbocycles. The smallest absolute Gasteiger partial charge is 0.268 e. The molecule has 30 heavy (non-hydrogen) atoms. The quantitative estimate of drug-likeness (QED) is 0.298. The van der Waals surface area contributed by atoms with Crippen LogP contribution in [0.5, 0.6) is 0 Å². The van der Waals surface area contributed by atoms with Gasteiger partial charge in [0.25, 0.3) is 11.8 Å². The van der Waals surface area contributed by atoms with Crippen molar-refractivity contribution in [1.29, 1.82) is 0 Å². The Kier molecular flexibility index (Phi) is 8.17. The zero-order valence-electron chi connectivity index (χ0n) is 17.6. The molecule has 5 heteroatoms. The third-order valence-corrected chi connectivity index (χ3v) is 6.58.